The highest BCUT2D eigenvalue weighted by Gasteiger charge is 2.19. The minimum atomic E-state index is 1.09. The summed E-state index contributed by atoms with van der Waals surface area (Å²) >= 11 is 1.86. The molecule has 13 rings (SSSR count). The number of aromatic nitrogens is 1. The summed E-state index contributed by atoms with van der Waals surface area (Å²) in [6.07, 6.45) is 0. The summed E-state index contributed by atoms with van der Waals surface area (Å²) in [7, 11) is 0. The van der Waals surface area contributed by atoms with Crippen LogP contribution >= 0.6 is 11.3 Å². The first-order valence-corrected chi connectivity index (χ1v) is 23.7. The zero-order valence-electron chi connectivity index (χ0n) is 36.6. The molecule has 0 spiro atoms. The number of hydrogen-bond acceptors (Lipinski definition) is 2. The van der Waals surface area contributed by atoms with Crippen molar-refractivity contribution in [2.45, 2.75) is 0 Å². The van der Waals surface area contributed by atoms with Gasteiger partial charge in [0.15, 0.2) is 0 Å². The zero-order valence-corrected chi connectivity index (χ0v) is 37.4. The molecule has 2 nitrogen and oxygen atoms in total. The van der Waals surface area contributed by atoms with Crippen molar-refractivity contribution in [3.63, 3.8) is 0 Å². The molecule has 2 heterocycles. The van der Waals surface area contributed by atoms with Crippen molar-refractivity contribution in [2.75, 3.05) is 4.90 Å². The smallest absolute Gasteiger partial charge is 0.0541 e. The molecular formula is C64H42N2S. The van der Waals surface area contributed by atoms with Crippen LogP contribution in [0.25, 0.3) is 103 Å². The highest BCUT2D eigenvalue weighted by atomic mass is 32.1. The van der Waals surface area contributed by atoms with Crippen molar-refractivity contribution in [1.82, 2.24) is 4.57 Å². The number of benzene rings is 11. The Hall–Kier alpha value is -8.50. The first-order chi connectivity index (χ1) is 33.2. The van der Waals surface area contributed by atoms with Crippen LogP contribution in [-0.4, -0.2) is 4.57 Å². The highest BCUT2D eigenvalue weighted by Crippen LogP contribution is 2.44. The molecule has 0 amide bonds. The normalized spacial score (nSPS) is 11.6. The van der Waals surface area contributed by atoms with E-state index in [1.54, 1.807) is 0 Å². The van der Waals surface area contributed by atoms with Gasteiger partial charge in [-0.3, -0.25) is 0 Å². The molecule has 11 aromatic carbocycles. The van der Waals surface area contributed by atoms with Crippen molar-refractivity contribution in [1.29, 1.82) is 0 Å². The van der Waals surface area contributed by atoms with E-state index in [9.17, 15) is 0 Å². The van der Waals surface area contributed by atoms with Gasteiger partial charge in [-0.1, -0.05) is 188 Å². The van der Waals surface area contributed by atoms with Crippen LogP contribution < -0.4 is 4.90 Å². The summed E-state index contributed by atoms with van der Waals surface area (Å²) in [5.74, 6) is 0. The molecule has 0 radical (unpaired) electrons. The van der Waals surface area contributed by atoms with Gasteiger partial charge in [-0.25, -0.2) is 0 Å². The van der Waals surface area contributed by atoms with Crippen LogP contribution in [0.5, 0.6) is 0 Å². The molecule has 314 valence electrons. The van der Waals surface area contributed by atoms with E-state index in [1.807, 2.05) is 11.3 Å². The monoisotopic (exact) mass is 870 g/mol. The molecule has 2 aromatic heterocycles. The molecule has 0 aliphatic heterocycles. The lowest BCUT2D eigenvalue weighted by Crippen LogP contribution is -2.11. The van der Waals surface area contributed by atoms with E-state index in [-0.39, 0.29) is 0 Å². The van der Waals surface area contributed by atoms with Crippen LogP contribution in [0.2, 0.25) is 0 Å². The van der Waals surface area contributed by atoms with Gasteiger partial charge in [0.1, 0.15) is 0 Å². The SMILES string of the molecule is c1cc(-c2ccc(-c3ccc(N(c4ccc(-c5cccc6ccccc56)cc4)c4ccccc4-c4ccc5c(c4)sc4ccccc45)cc3)cc2)cc(-n2c3ccccc3c3ccccc32)c1. The molecule has 0 saturated carbocycles. The van der Waals surface area contributed by atoms with Crippen LogP contribution in [0.15, 0.2) is 255 Å². The van der Waals surface area contributed by atoms with Gasteiger partial charge in [0, 0.05) is 53.6 Å². The highest BCUT2D eigenvalue weighted by molar-refractivity contribution is 7.25. The van der Waals surface area contributed by atoms with E-state index in [1.165, 1.54) is 97.3 Å². The van der Waals surface area contributed by atoms with Gasteiger partial charge in [0.25, 0.3) is 0 Å². The molecule has 0 fully saturated rings. The molecule has 13 aromatic rings. The molecule has 0 unspecified atom stereocenters. The number of rotatable bonds is 8. The topological polar surface area (TPSA) is 8.17 Å². The molecule has 0 aliphatic rings. The quantitative estimate of drug-likeness (QED) is 0.148. The first kappa shape index (κ1) is 38.9. The third kappa shape index (κ3) is 6.79. The minimum Gasteiger partial charge on any atom is -0.310 e. The molecule has 0 bridgehead atoms. The van der Waals surface area contributed by atoms with Gasteiger partial charge >= 0.3 is 0 Å². The third-order valence-corrected chi connectivity index (χ3v) is 14.6. The lowest BCUT2D eigenvalue weighted by atomic mass is 9.97. The Labute approximate surface area is 393 Å². The Morgan fingerprint density at radius 2 is 0.806 bits per heavy atom. The number of fused-ring (bicyclic) bond motifs is 7. The fourth-order valence-corrected chi connectivity index (χ4v) is 11.3. The second-order valence-corrected chi connectivity index (χ2v) is 18.4. The minimum absolute atomic E-state index is 1.09. The van der Waals surface area contributed by atoms with Crippen molar-refractivity contribution < 1.29 is 0 Å². The fourth-order valence-electron chi connectivity index (χ4n) is 10.2. The summed E-state index contributed by atoms with van der Waals surface area (Å²) in [6, 6.07) is 93.1. The van der Waals surface area contributed by atoms with Crippen LogP contribution in [0.1, 0.15) is 0 Å². The molecule has 0 atom stereocenters. The van der Waals surface area contributed by atoms with Gasteiger partial charge in [-0.2, -0.15) is 0 Å². The predicted molar refractivity (Wildman–Crippen MR) is 288 cm³/mol. The Morgan fingerprint density at radius 1 is 0.299 bits per heavy atom. The van der Waals surface area contributed by atoms with Crippen LogP contribution in [-0.2, 0) is 0 Å². The van der Waals surface area contributed by atoms with Gasteiger partial charge in [0.05, 0.1) is 16.7 Å². The van der Waals surface area contributed by atoms with E-state index >= 15 is 0 Å². The van der Waals surface area contributed by atoms with Crippen LogP contribution in [0.3, 0.4) is 0 Å². The molecule has 0 saturated heterocycles. The molecule has 67 heavy (non-hydrogen) atoms. The molecular weight excluding hydrogens is 829 g/mol. The van der Waals surface area contributed by atoms with E-state index in [0.717, 1.165) is 22.7 Å². The van der Waals surface area contributed by atoms with E-state index < -0.39 is 0 Å². The predicted octanol–water partition coefficient (Wildman–Crippen LogP) is 18.4. The van der Waals surface area contributed by atoms with Crippen molar-refractivity contribution in [3.05, 3.63) is 255 Å². The molecule has 0 aliphatic carbocycles. The van der Waals surface area contributed by atoms with Crippen molar-refractivity contribution in [2.24, 2.45) is 0 Å². The Morgan fingerprint density at radius 3 is 1.54 bits per heavy atom. The molecule has 0 N–H and O–H groups in total. The average molecular weight is 871 g/mol. The maximum atomic E-state index is 2.41. The van der Waals surface area contributed by atoms with Crippen LogP contribution in [0, 0.1) is 0 Å². The first-order valence-electron chi connectivity index (χ1n) is 22.9. The van der Waals surface area contributed by atoms with Crippen LogP contribution in [0.4, 0.5) is 17.1 Å². The van der Waals surface area contributed by atoms with E-state index in [4.69, 9.17) is 0 Å². The number of thiophene rings is 1. The maximum Gasteiger partial charge on any atom is 0.0541 e. The summed E-state index contributed by atoms with van der Waals surface area (Å²) in [6.45, 7) is 0. The summed E-state index contributed by atoms with van der Waals surface area (Å²) < 4.78 is 5.00. The lowest BCUT2D eigenvalue weighted by molar-refractivity contribution is 1.18. The number of hydrogen-bond donors (Lipinski definition) is 0. The average Bonchev–Trinajstić information content (AvgIpc) is 3.95. The van der Waals surface area contributed by atoms with Gasteiger partial charge in [0.2, 0.25) is 0 Å². The second kappa shape index (κ2) is 16.2. The Balaban J connectivity index is 0.862. The largest absolute Gasteiger partial charge is 0.310 e. The zero-order chi connectivity index (χ0) is 44.3. The van der Waals surface area contributed by atoms with Crippen molar-refractivity contribution in [3.8, 4) is 50.2 Å². The second-order valence-electron chi connectivity index (χ2n) is 17.3. The number of anilines is 3. The Kier molecular flexibility index (Phi) is 9.40. The molecule has 3 heteroatoms. The van der Waals surface area contributed by atoms with Gasteiger partial charge in [-0.15, -0.1) is 11.3 Å². The number of nitrogens with zero attached hydrogens (tertiary/aromatic N) is 2. The fraction of sp³-hybridized carbons (Fsp3) is 0. The summed E-state index contributed by atoms with van der Waals surface area (Å²) in [5, 5.41) is 7.66. The number of para-hydroxylation sites is 3. The van der Waals surface area contributed by atoms with E-state index in [2.05, 4.69) is 264 Å². The summed E-state index contributed by atoms with van der Waals surface area (Å²) in [4.78, 5) is 2.41. The Bertz CT molecular complexity index is 3910. The standard InChI is InChI=1S/C64H42N2S/c1-2-17-53-46(13-1)14-12-22-54(53)47-33-38-51(39-34-47)65(60-23-7-3-18-55(60)49-35-40-59-58-21-6-10-26-63(58)67-64(59)42-49)50-36-31-44(32-37-50)43-27-29-45(30-28-43)48-15-11-16-52(41-48)66-61-24-8-4-19-56(61)57-20-5-9-25-62(57)66/h1-42H. The van der Waals surface area contributed by atoms with Crippen molar-refractivity contribution >= 4 is 81.1 Å². The van der Waals surface area contributed by atoms with Gasteiger partial charge < -0.3 is 9.47 Å². The van der Waals surface area contributed by atoms with Gasteiger partial charge in [-0.05, 0) is 116 Å². The third-order valence-electron chi connectivity index (χ3n) is 13.4. The summed E-state index contributed by atoms with van der Waals surface area (Å²) in [5.41, 5.74) is 16.4. The van der Waals surface area contributed by atoms with E-state index in [0.29, 0.717) is 0 Å². The lowest BCUT2D eigenvalue weighted by Gasteiger charge is -2.28. The maximum absolute atomic E-state index is 2.41.